The van der Waals surface area contributed by atoms with Crippen molar-refractivity contribution in [2.75, 3.05) is 13.7 Å². The number of methoxy groups -OCH3 is 1. The molecule has 2 heterocycles. The zero-order valence-corrected chi connectivity index (χ0v) is 10.5. The van der Waals surface area contributed by atoms with Crippen LogP contribution in [0.4, 0.5) is 0 Å². The van der Waals surface area contributed by atoms with E-state index in [4.69, 9.17) is 9.47 Å². The van der Waals surface area contributed by atoms with E-state index in [1.807, 2.05) is 13.0 Å². The summed E-state index contributed by atoms with van der Waals surface area (Å²) in [6.45, 7) is 4.58. The minimum atomic E-state index is -0.404. The van der Waals surface area contributed by atoms with E-state index in [0.717, 1.165) is 25.1 Å². The Bertz CT molecular complexity index is 408. The third-order valence-electron chi connectivity index (χ3n) is 3.31. The van der Waals surface area contributed by atoms with Crippen LogP contribution in [0.3, 0.4) is 0 Å². The number of nitrogens with zero attached hydrogens (tertiary/aromatic N) is 2. The SMILES string of the molecule is COC(=O)C(C)n1ccc(C2(C)CCCO2)n1. The highest BCUT2D eigenvalue weighted by molar-refractivity contribution is 5.73. The molecule has 0 radical (unpaired) electrons. The van der Waals surface area contributed by atoms with E-state index in [2.05, 4.69) is 5.10 Å². The summed E-state index contributed by atoms with van der Waals surface area (Å²) >= 11 is 0. The molecular formula is C12H18N2O3. The quantitative estimate of drug-likeness (QED) is 0.751. The van der Waals surface area contributed by atoms with Crippen molar-refractivity contribution in [3.05, 3.63) is 18.0 Å². The summed E-state index contributed by atoms with van der Waals surface area (Å²) in [5, 5.41) is 4.42. The highest BCUT2D eigenvalue weighted by Gasteiger charge is 2.34. The summed E-state index contributed by atoms with van der Waals surface area (Å²) in [5.74, 6) is -0.294. The first-order valence-corrected chi connectivity index (χ1v) is 5.84. The molecule has 0 amide bonds. The Kier molecular flexibility index (Phi) is 3.19. The maximum Gasteiger partial charge on any atom is 0.330 e. The van der Waals surface area contributed by atoms with Crippen LogP contribution in [0.5, 0.6) is 0 Å². The highest BCUT2D eigenvalue weighted by Crippen LogP contribution is 2.34. The number of rotatable bonds is 3. The van der Waals surface area contributed by atoms with Crippen molar-refractivity contribution in [1.29, 1.82) is 0 Å². The predicted octanol–water partition coefficient (Wildman–Crippen LogP) is 1.64. The second-order valence-electron chi connectivity index (χ2n) is 4.56. The van der Waals surface area contributed by atoms with Gasteiger partial charge in [0.15, 0.2) is 0 Å². The average molecular weight is 238 g/mol. The molecule has 0 spiro atoms. The fourth-order valence-electron chi connectivity index (χ4n) is 2.10. The smallest absolute Gasteiger partial charge is 0.330 e. The van der Waals surface area contributed by atoms with Crippen LogP contribution in [0.1, 0.15) is 38.4 Å². The van der Waals surface area contributed by atoms with Crippen molar-refractivity contribution in [2.45, 2.75) is 38.3 Å². The van der Waals surface area contributed by atoms with Gasteiger partial charge >= 0.3 is 5.97 Å². The summed E-state index contributed by atoms with van der Waals surface area (Å²) < 4.78 is 12.0. The van der Waals surface area contributed by atoms with Gasteiger partial charge in [-0.15, -0.1) is 0 Å². The number of hydrogen-bond acceptors (Lipinski definition) is 4. The van der Waals surface area contributed by atoms with Gasteiger partial charge in [-0.3, -0.25) is 4.68 Å². The molecule has 2 unspecified atom stereocenters. The van der Waals surface area contributed by atoms with Crippen LogP contribution in [0.25, 0.3) is 0 Å². The standard InChI is InChI=1S/C12H18N2O3/c1-9(11(15)16-3)14-7-5-10(13-14)12(2)6-4-8-17-12/h5,7,9H,4,6,8H2,1-3H3. The van der Waals surface area contributed by atoms with Crippen molar-refractivity contribution < 1.29 is 14.3 Å². The van der Waals surface area contributed by atoms with Crippen molar-refractivity contribution >= 4 is 5.97 Å². The van der Waals surface area contributed by atoms with Crippen LogP contribution in [0.2, 0.25) is 0 Å². The van der Waals surface area contributed by atoms with E-state index in [0.29, 0.717) is 0 Å². The first kappa shape index (κ1) is 12.1. The van der Waals surface area contributed by atoms with Crippen molar-refractivity contribution in [2.24, 2.45) is 0 Å². The monoisotopic (exact) mass is 238 g/mol. The van der Waals surface area contributed by atoms with E-state index >= 15 is 0 Å². The van der Waals surface area contributed by atoms with Crippen LogP contribution in [-0.2, 0) is 19.9 Å². The largest absolute Gasteiger partial charge is 0.467 e. The number of hydrogen-bond donors (Lipinski definition) is 0. The minimum absolute atomic E-state index is 0.294. The third-order valence-corrected chi connectivity index (χ3v) is 3.31. The fourth-order valence-corrected chi connectivity index (χ4v) is 2.10. The van der Waals surface area contributed by atoms with Gasteiger partial charge in [-0.2, -0.15) is 5.10 Å². The van der Waals surface area contributed by atoms with Gasteiger partial charge in [0, 0.05) is 12.8 Å². The second kappa shape index (κ2) is 4.49. The minimum Gasteiger partial charge on any atom is -0.467 e. The molecule has 0 aliphatic carbocycles. The zero-order valence-electron chi connectivity index (χ0n) is 10.5. The van der Waals surface area contributed by atoms with Crippen LogP contribution >= 0.6 is 0 Å². The number of carbonyl (C=O) groups excluding carboxylic acids is 1. The van der Waals surface area contributed by atoms with Crippen LogP contribution in [-0.4, -0.2) is 29.5 Å². The molecule has 1 saturated heterocycles. The first-order valence-electron chi connectivity index (χ1n) is 5.84. The van der Waals surface area contributed by atoms with Gasteiger partial charge in [-0.1, -0.05) is 0 Å². The fraction of sp³-hybridized carbons (Fsp3) is 0.667. The van der Waals surface area contributed by atoms with Crippen molar-refractivity contribution in [3.63, 3.8) is 0 Å². The summed E-state index contributed by atoms with van der Waals surface area (Å²) in [6, 6.07) is 1.50. The molecule has 5 heteroatoms. The van der Waals surface area contributed by atoms with Gasteiger partial charge < -0.3 is 9.47 Å². The number of esters is 1. The van der Waals surface area contributed by atoms with Gasteiger partial charge in [0.25, 0.3) is 0 Å². The average Bonchev–Trinajstić information content (AvgIpc) is 2.96. The molecule has 1 aromatic heterocycles. The maximum atomic E-state index is 11.4. The Hall–Kier alpha value is -1.36. The Morgan fingerprint density at radius 3 is 3.06 bits per heavy atom. The molecule has 1 aliphatic heterocycles. The molecule has 0 aromatic carbocycles. The van der Waals surface area contributed by atoms with Gasteiger partial charge in [-0.25, -0.2) is 4.79 Å². The van der Waals surface area contributed by atoms with Crippen LogP contribution in [0.15, 0.2) is 12.3 Å². The van der Waals surface area contributed by atoms with Gasteiger partial charge in [0.05, 0.1) is 12.8 Å². The Balaban J connectivity index is 2.18. The van der Waals surface area contributed by atoms with Gasteiger partial charge in [-0.05, 0) is 32.8 Å². The first-order chi connectivity index (χ1) is 8.07. The molecule has 1 aliphatic rings. The molecule has 0 bridgehead atoms. The lowest BCUT2D eigenvalue weighted by Crippen LogP contribution is -2.23. The normalized spacial score (nSPS) is 25.8. The Labute approximate surface area is 101 Å². The summed E-state index contributed by atoms with van der Waals surface area (Å²) in [4.78, 5) is 11.4. The lowest BCUT2D eigenvalue weighted by molar-refractivity contribution is -0.144. The predicted molar refractivity (Wildman–Crippen MR) is 61.5 cm³/mol. The summed E-state index contributed by atoms with van der Waals surface area (Å²) in [7, 11) is 1.38. The van der Waals surface area contributed by atoms with E-state index in [9.17, 15) is 4.79 Å². The molecule has 5 nitrogen and oxygen atoms in total. The lowest BCUT2D eigenvalue weighted by Gasteiger charge is -2.20. The molecular weight excluding hydrogens is 220 g/mol. The van der Waals surface area contributed by atoms with E-state index in [1.54, 1.807) is 17.8 Å². The summed E-state index contributed by atoms with van der Waals surface area (Å²) in [6.07, 6.45) is 3.82. The highest BCUT2D eigenvalue weighted by atomic mass is 16.5. The molecule has 0 saturated carbocycles. The molecule has 2 rings (SSSR count). The third kappa shape index (κ3) is 2.20. The van der Waals surface area contributed by atoms with Crippen molar-refractivity contribution in [1.82, 2.24) is 9.78 Å². The Morgan fingerprint density at radius 1 is 1.71 bits per heavy atom. The molecule has 17 heavy (non-hydrogen) atoms. The van der Waals surface area contributed by atoms with Gasteiger partial charge in [0.1, 0.15) is 11.6 Å². The molecule has 1 fully saturated rings. The molecule has 94 valence electrons. The Morgan fingerprint density at radius 2 is 2.47 bits per heavy atom. The number of aromatic nitrogens is 2. The van der Waals surface area contributed by atoms with Crippen LogP contribution < -0.4 is 0 Å². The van der Waals surface area contributed by atoms with E-state index < -0.39 is 6.04 Å². The van der Waals surface area contributed by atoms with Gasteiger partial charge in [0.2, 0.25) is 0 Å². The van der Waals surface area contributed by atoms with E-state index in [-0.39, 0.29) is 11.6 Å². The summed E-state index contributed by atoms with van der Waals surface area (Å²) in [5.41, 5.74) is 0.576. The molecule has 2 atom stereocenters. The van der Waals surface area contributed by atoms with E-state index in [1.165, 1.54) is 7.11 Å². The topological polar surface area (TPSA) is 53.4 Å². The zero-order chi connectivity index (χ0) is 12.5. The second-order valence-corrected chi connectivity index (χ2v) is 4.56. The number of ether oxygens (including phenoxy) is 2. The maximum absolute atomic E-state index is 11.4. The molecule has 0 N–H and O–H groups in total. The number of carbonyl (C=O) groups is 1. The van der Waals surface area contributed by atoms with Crippen molar-refractivity contribution in [3.8, 4) is 0 Å². The van der Waals surface area contributed by atoms with Crippen LogP contribution in [0, 0.1) is 0 Å². The lowest BCUT2D eigenvalue weighted by atomic mass is 9.99. The molecule has 1 aromatic rings.